The second-order valence-electron chi connectivity index (χ2n) is 7.90. The Labute approximate surface area is 173 Å². The molecular formula is C22H23N3OS2. The molecule has 0 bridgehead atoms. The van der Waals surface area contributed by atoms with Crippen molar-refractivity contribution in [2.24, 2.45) is 5.92 Å². The number of nitrogens with one attached hydrogen (secondary N) is 1. The van der Waals surface area contributed by atoms with E-state index in [0.29, 0.717) is 6.04 Å². The molecule has 2 atom stereocenters. The Balaban J connectivity index is 1.53. The first-order chi connectivity index (χ1) is 13.7. The molecule has 1 saturated carbocycles. The van der Waals surface area contributed by atoms with Gasteiger partial charge < -0.3 is 5.32 Å². The summed E-state index contributed by atoms with van der Waals surface area (Å²) in [6, 6.07) is 10.4. The Morgan fingerprint density at radius 3 is 2.82 bits per heavy atom. The van der Waals surface area contributed by atoms with E-state index in [-0.39, 0.29) is 11.2 Å². The van der Waals surface area contributed by atoms with Crippen LogP contribution in [0.4, 0.5) is 0 Å². The van der Waals surface area contributed by atoms with Crippen LogP contribution in [-0.2, 0) is 17.6 Å². The Morgan fingerprint density at radius 1 is 1.21 bits per heavy atom. The number of amides is 1. The highest BCUT2D eigenvalue weighted by Crippen LogP contribution is 2.44. The molecule has 144 valence electrons. The van der Waals surface area contributed by atoms with Gasteiger partial charge in [-0.3, -0.25) is 4.79 Å². The number of thiophene rings is 1. The molecule has 0 aliphatic heterocycles. The van der Waals surface area contributed by atoms with E-state index in [0.717, 1.165) is 47.0 Å². The summed E-state index contributed by atoms with van der Waals surface area (Å²) >= 11 is 3.38. The number of aryl methyl sites for hydroxylation is 1. The van der Waals surface area contributed by atoms with Crippen LogP contribution in [0.25, 0.3) is 10.2 Å². The molecule has 2 heterocycles. The van der Waals surface area contributed by atoms with Gasteiger partial charge in [0.25, 0.3) is 0 Å². The molecule has 4 nitrogen and oxygen atoms in total. The standard InChI is InChI=1S/C22H23N3OS2/c1-13-7-10-16-17(11-13)27-21-18(16)22(24-12-23-21)28-19(14-5-3-2-4-6-14)20(26)25-15-8-9-15/h2-6,12-13,15,19H,7-11H2,1H3,(H,25,26)/t13-,19-/m1/s1. The first-order valence-electron chi connectivity index (χ1n) is 9.96. The summed E-state index contributed by atoms with van der Waals surface area (Å²) < 4.78 is 0. The Bertz CT molecular complexity index is 1010. The van der Waals surface area contributed by atoms with Crippen molar-refractivity contribution in [1.82, 2.24) is 15.3 Å². The molecule has 0 spiro atoms. The average Bonchev–Trinajstić information content (AvgIpc) is 3.44. The van der Waals surface area contributed by atoms with Crippen molar-refractivity contribution in [1.29, 1.82) is 0 Å². The molecule has 2 aliphatic rings. The molecule has 1 amide bonds. The first-order valence-corrected chi connectivity index (χ1v) is 11.7. The summed E-state index contributed by atoms with van der Waals surface area (Å²) in [7, 11) is 0. The molecule has 6 heteroatoms. The molecule has 0 saturated heterocycles. The number of nitrogens with zero attached hydrogens (tertiary/aromatic N) is 2. The highest BCUT2D eigenvalue weighted by atomic mass is 32.2. The maximum atomic E-state index is 13.0. The molecule has 3 aromatic rings. The maximum Gasteiger partial charge on any atom is 0.238 e. The van der Waals surface area contributed by atoms with Crippen molar-refractivity contribution >= 4 is 39.2 Å². The maximum absolute atomic E-state index is 13.0. The van der Waals surface area contributed by atoms with Gasteiger partial charge in [-0.1, -0.05) is 49.0 Å². The van der Waals surface area contributed by atoms with Gasteiger partial charge in [-0.25, -0.2) is 9.97 Å². The topological polar surface area (TPSA) is 54.9 Å². The van der Waals surface area contributed by atoms with Crippen molar-refractivity contribution in [2.45, 2.75) is 55.3 Å². The number of thioether (sulfide) groups is 1. The molecule has 5 rings (SSSR count). The lowest BCUT2D eigenvalue weighted by atomic mass is 9.89. The van der Waals surface area contributed by atoms with Crippen molar-refractivity contribution < 1.29 is 4.79 Å². The van der Waals surface area contributed by atoms with Gasteiger partial charge in [-0.05, 0) is 49.1 Å². The van der Waals surface area contributed by atoms with Crippen LogP contribution >= 0.6 is 23.1 Å². The van der Waals surface area contributed by atoms with E-state index in [1.807, 2.05) is 30.3 Å². The number of hydrogen-bond donors (Lipinski definition) is 1. The summed E-state index contributed by atoms with van der Waals surface area (Å²) in [5.74, 6) is 0.814. The first kappa shape index (κ1) is 18.1. The third-order valence-corrected chi connectivity index (χ3v) is 7.97. The Hall–Kier alpha value is -1.92. The second kappa shape index (κ2) is 7.48. The smallest absolute Gasteiger partial charge is 0.238 e. The lowest BCUT2D eigenvalue weighted by Gasteiger charge is -2.19. The van der Waals surface area contributed by atoms with Crippen LogP contribution in [0.1, 0.15) is 47.4 Å². The van der Waals surface area contributed by atoms with Crippen molar-refractivity contribution in [3.63, 3.8) is 0 Å². The zero-order valence-corrected chi connectivity index (χ0v) is 17.5. The molecule has 0 radical (unpaired) electrons. The van der Waals surface area contributed by atoms with Gasteiger partial charge in [0.05, 0.1) is 0 Å². The minimum atomic E-state index is -0.294. The van der Waals surface area contributed by atoms with Crippen LogP contribution in [0.5, 0.6) is 0 Å². The van der Waals surface area contributed by atoms with Crippen molar-refractivity contribution in [2.75, 3.05) is 0 Å². The molecule has 1 aromatic carbocycles. The summed E-state index contributed by atoms with van der Waals surface area (Å²) in [4.78, 5) is 24.7. The highest BCUT2D eigenvalue weighted by Gasteiger charge is 2.31. The average molecular weight is 410 g/mol. The number of carbonyl (C=O) groups excluding carboxylic acids is 1. The molecule has 0 unspecified atom stereocenters. The second-order valence-corrected chi connectivity index (χ2v) is 10.1. The number of aromatic nitrogens is 2. The SMILES string of the molecule is C[C@@H]1CCc2c(sc3ncnc(S[C@@H](C(=O)NC4CC4)c4ccccc4)c23)C1. The van der Waals surface area contributed by atoms with Gasteiger partial charge in [0.15, 0.2) is 0 Å². The van der Waals surface area contributed by atoms with Crippen molar-refractivity contribution in [3.8, 4) is 0 Å². The fourth-order valence-corrected chi connectivity index (χ4v) is 6.40. The van der Waals surface area contributed by atoms with Crippen LogP contribution in [0.15, 0.2) is 41.7 Å². The van der Waals surface area contributed by atoms with Gasteiger partial charge >= 0.3 is 0 Å². The fourth-order valence-electron chi connectivity index (χ4n) is 3.85. The molecule has 2 aliphatic carbocycles. The fraction of sp³-hybridized carbons (Fsp3) is 0.409. The van der Waals surface area contributed by atoms with Crippen LogP contribution in [-0.4, -0.2) is 21.9 Å². The van der Waals surface area contributed by atoms with E-state index >= 15 is 0 Å². The lowest BCUT2D eigenvalue weighted by molar-refractivity contribution is -0.120. The monoisotopic (exact) mass is 409 g/mol. The van der Waals surface area contributed by atoms with Gasteiger partial charge in [-0.15, -0.1) is 11.3 Å². The summed E-state index contributed by atoms with van der Waals surface area (Å²) in [6.07, 6.45) is 7.25. The third kappa shape index (κ3) is 3.55. The largest absolute Gasteiger partial charge is 0.352 e. The van der Waals surface area contributed by atoms with Crippen LogP contribution in [0, 0.1) is 5.92 Å². The molecule has 1 fully saturated rings. The third-order valence-electron chi connectivity index (χ3n) is 5.55. The summed E-state index contributed by atoms with van der Waals surface area (Å²) in [5.41, 5.74) is 2.44. The van der Waals surface area contributed by atoms with Crippen LogP contribution < -0.4 is 5.32 Å². The molecule has 2 aromatic heterocycles. The van der Waals surface area contributed by atoms with Gasteiger partial charge in [0.2, 0.25) is 5.91 Å². The van der Waals surface area contributed by atoms with E-state index in [1.54, 1.807) is 29.4 Å². The minimum absolute atomic E-state index is 0.0863. The minimum Gasteiger partial charge on any atom is -0.352 e. The highest BCUT2D eigenvalue weighted by molar-refractivity contribution is 8.00. The van der Waals surface area contributed by atoms with E-state index in [2.05, 4.69) is 22.2 Å². The quantitative estimate of drug-likeness (QED) is 0.480. The normalized spacial score (nSPS) is 20.0. The molecular weight excluding hydrogens is 386 g/mol. The van der Waals surface area contributed by atoms with E-state index in [1.165, 1.54) is 22.2 Å². The summed E-state index contributed by atoms with van der Waals surface area (Å²) in [6.45, 7) is 2.32. The van der Waals surface area contributed by atoms with Crippen molar-refractivity contribution in [3.05, 3.63) is 52.7 Å². The Morgan fingerprint density at radius 2 is 2.04 bits per heavy atom. The van der Waals surface area contributed by atoms with Crippen LogP contribution in [0.2, 0.25) is 0 Å². The van der Waals surface area contributed by atoms with E-state index in [9.17, 15) is 4.79 Å². The number of fused-ring (bicyclic) bond motifs is 3. The van der Waals surface area contributed by atoms with Gasteiger partial charge in [0.1, 0.15) is 21.4 Å². The zero-order valence-electron chi connectivity index (χ0n) is 15.9. The number of benzene rings is 1. The summed E-state index contributed by atoms with van der Waals surface area (Å²) in [5, 5.41) is 5.01. The molecule has 28 heavy (non-hydrogen) atoms. The van der Waals surface area contributed by atoms with E-state index in [4.69, 9.17) is 0 Å². The predicted molar refractivity (Wildman–Crippen MR) is 115 cm³/mol. The van der Waals surface area contributed by atoms with Crippen LogP contribution in [0.3, 0.4) is 0 Å². The Kier molecular flexibility index (Phi) is 4.85. The van der Waals surface area contributed by atoms with Gasteiger partial charge in [-0.2, -0.15) is 0 Å². The van der Waals surface area contributed by atoms with Gasteiger partial charge in [0, 0.05) is 16.3 Å². The zero-order chi connectivity index (χ0) is 19.1. The lowest BCUT2D eigenvalue weighted by Crippen LogP contribution is -2.29. The number of hydrogen-bond acceptors (Lipinski definition) is 5. The number of carbonyl (C=O) groups is 1. The predicted octanol–water partition coefficient (Wildman–Crippen LogP) is 4.93. The van der Waals surface area contributed by atoms with E-state index < -0.39 is 0 Å². The molecule has 1 N–H and O–H groups in total. The number of rotatable bonds is 5.